The van der Waals surface area contributed by atoms with Crippen LogP contribution in [-0.4, -0.2) is 30.8 Å². The number of nitrogens with zero attached hydrogens (tertiary/aromatic N) is 2. The number of nitrogens with one attached hydrogen (secondary N) is 1. The molecule has 7 nitrogen and oxygen atoms in total. The van der Waals surface area contributed by atoms with E-state index in [1.54, 1.807) is 43.3 Å². The topological polar surface area (TPSA) is 92.0 Å². The molecule has 0 fully saturated rings. The monoisotopic (exact) mass is 437 g/mol. The first-order chi connectivity index (χ1) is 14.9. The zero-order chi connectivity index (χ0) is 22.0. The number of aryl methyl sites for hydroxylation is 1. The summed E-state index contributed by atoms with van der Waals surface area (Å²) in [6.07, 6.45) is 2.00. The molecule has 8 heteroatoms. The summed E-state index contributed by atoms with van der Waals surface area (Å²) >= 11 is 0. The van der Waals surface area contributed by atoms with Crippen molar-refractivity contribution in [3.63, 3.8) is 0 Å². The van der Waals surface area contributed by atoms with Gasteiger partial charge in [0.25, 0.3) is 0 Å². The highest BCUT2D eigenvalue weighted by Crippen LogP contribution is 2.34. The number of benzene rings is 2. The molecular formula is C23H23N3O4S. The summed E-state index contributed by atoms with van der Waals surface area (Å²) in [6, 6.07) is 18.1. The average Bonchev–Trinajstić information content (AvgIpc) is 3.45. The predicted molar refractivity (Wildman–Crippen MR) is 119 cm³/mol. The van der Waals surface area contributed by atoms with Crippen LogP contribution >= 0.6 is 0 Å². The minimum Gasteiger partial charge on any atom is -0.459 e. The van der Waals surface area contributed by atoms with Crippen LogP contribution in [0.3, 0.4) is 0 Å². The zero-order valence-corrected chi connectivity index (χ0v) is 18.1. The van der Waals surface area contributed by atoms with Crippen molar-refractivity contribution in [2.75, 3.05) is 10.5 Å². The van der Waals surface area contributed by atoms with Gasteiger partial charge in [-0.15, -0.1) is 0 Å². The SMILES string of the molecule is CCS(=O)(=O)Nc1ccc(C2=NN(C(=O)c3ccco3)[C@H](c3ccc(C)cc3)C2)cc1. The molecule has 0 saturated carbocycles. The van der Waals surface area contributed by atoms with Crippen molar-refractivity contribution in [1.82, 2.24) is 5.01 Å². The van der Waals surface area contributed by atoms with E-state index in [9.17, 15) is 13.2 Å². The second-order valence-corrected chi connectivity index (χ2v) is 9.40. The van der Waals surface area contributed by atoms with Crippen LogP contribution in [0.15, 0.2) is 76.4 Å². The van der Waals surface area contributed by atoms with Gasteiger partial charge < -0.3 is 4.42 Å². The maximum absolute atomic E-state index is 13.0. The maximum Gasteiger partial charge on any atom is 0.310 e. The highest BCUT2D eigenvalue weighted by Gasteiger charge is 2.34. The molecular weight excluding hydrogens is 414 g/mol. The highest BCUT2D eigenvalue weighted by atomic mass is 32.2. The van der Waals surface area contributed by atoms with Crippen molar-refractivity contribution in [3.8, 4) is 0 Å². The van der Waals surface area contributed by atoms with Crippen LogP contribution in [0.1, 0.15) is 46.6 Å². The van der Waals surface area contributed by atoms with E-state index in [1.165, 1.54) is 11.3 Å². The molecule has 2 heterocycles. The first kappa shape index (κ1) is 20.9. The van der Waals surface area contributed by atoms with Gasteiger partial charge in [-0.2, -0.15) is 5.10 Å². The summed E-state index contributed by atoms with van der Waals surface area (Å²) in [7, 11) is -3.34. The predicted octanol–water partition coefficient (Wildman–Crippen LogP) is 4.34. The van der Waals surface area contributed by atoms with E-state index in [1.807, 2.05) is 31.2 Å². The quantitative estimate of drug-likeness (QED) is 0.621. The van der Waals surface area contributed by atoms with Crippen molar-refractivity contribution >= 4 is 27.3 Å². The molecule has 1 atom stereocenters. The van der Waals surface area contributed by atoms with Crippen molar-refractivity contribution in [2.45, 2.75) is 26.3 Å². The standard InChI is InChI=1S/C23H23N3O4S/c1-3-31(28,29)25-19-12-10-17(11-13-19)20-15-21(18-8-6-16(2)7-9-18)26(24-20)23(27)22-5-4-14-30-22/h4-14,21,25H,3,15H2,1-2H3/t21-/m0/s1. The van der Waals surface area contributed by atoms with Gasteiger partial charge in [0.2, 0.25) is 10.0 Å². The van der Waals surface area contributed by atoms with Crippen LogP contribution in [0.25, 0.3) is 0 Å². The molecule has 0 unspecified atom stereocenters. The number of carbonyl (C=O) groups excluding carboxylic acids is 1. The Kier molecular flexibility index (Phi) is 5.65. The summed E-state index contributed by atoms with van der Waals surface area (Å²) in [5, 5.41) is 6.08. The van der Waals surface area contributed by atoms with E-state index in [0.717, 1.165) is 22.4 Å². The Bertz CT molecular complexity index is 1200. The lowest BCUT2D eigenvalue weighted by Gasteiger charge is -2.21. The van der Waals surface area contributed by atoms with E-state index >= 15 is 0 Å². The lowest BCUT2D eigenvalue weighted by molar-refractivity contribution is 0.0678. The molecule has 1 amide bonds. The second-order valence-electron chi connectivity index (χ2n) is 7.39. The van der Waals surface area contributed by atoms with E-state index in [0.29, 0.717) is 12.1 Å². The van der Waals surface area contributed by atoms with Gasteiger partial charge in [-0.05, 0) is 49.2 Å². The summed E-state index contributed by atoms with van der Waals surface area (Å²) in [6.45, 7) is 3.60. The number of hydrogen-bond acceptors (Lipinski definition) is 5. The number of anilines is 1. The van der Waals surface area contributed by atoms with Crippen LogP contribution in [-0.2, 0) is 10.0 Å². The maximum atomic E-state index is 13.0. The van der Waals surface area contributed by atoms with Gasteiger partial charge in [-0.3, -0.25) is 9.52 Å². The minimum atomic E-state index is -3.34. The number of sulfonamides is 1. The van der Waals surface area contributed by atoms with Crippen molar-refractivity contribution < 1.29 is 17.6 Å². The number of rotatable bonds is 6. The highest BCUT2D eigenvalue weighted by molar-refractivity contribution is 7.92. The van der Waals surface area contributed by atoms with Gasteiger partial charge in [-0.25, -0.2) is 13.4 Å². The smallest absolute Gasteiger partial charge is 0.310 e. The molecule has 0 saturated heterocycles. The minimum absolute atomic E-state index is 0.00351. The number of amides is 1. The van der Waals surface area contributed by atoms with Crippen molar-refractivity contribution in [1.29, 1.82) is 0 Å². The summed E-state index contributed by atoms with van der Waals surface area (Å²) < 4.78 is 31.4. The summed E-state index contributed by atoms with van der Waals surface area (Å²) in [4.78, 5) is 13.0. The summed E-state index contributed by atoms with van der Waals surface area (Å²) in [5.41, 5.74) is 4.18. The molecule has 31 heavy (non-hydrogen) atoms. The first-order valence-electron chi connectivity index (χ1n) is 9.98. The average molecular weight is 438 g/mol. The van der Waals surface area contributed by atoms with Gasteiger partial charge >= 0.3 is 5.91 Å². The zero-order valence-electron chi connectivity index (χ0n) is 17.3. The molecule has 3 aromatic rings. The molecule has 0 radical (unpaired) electrons. The Labute approximate surface area is 181 Å². The van der Waals surface area contributed by atoms with Crippen LogP contribution in [0, 0.1) is 6.92 Å². The molecule has 2 aromatic carbocycles. The van der Waals surface area contributed by atoms with Crippen molar-refractivity contribution in [3.05, 3.63) is 89.4 Å². The van der Waals surface area contributed by atoms with Crippen LogP contribution in [0.2, 0.25) is 0 Å². The lowest BCUT2D eigenvalue weighted by atomic mass is 9.97. The lowest BCUT2D eigenvalue weighted by Crippen LogP contribution is -2.26. The number of hydrogen-bond donors (Lipinski definition) is 1. The third-order valence-electron chi connectivity index (χ3n) is 5.18. The Morgan fingerprint density at radius 3 is 2.45 bits per heavy atom. The normalized spacial score (nSPS) is 16.3. The number of furan rings is 1. The van der Waals surface area contributed by atoms with Crippen LogP contribution in [0.5, 0.6) is 0 Å². The van der Waals surface area contributed by atoms with E-state index in [-0.39, 0.29) is 23.5 Å². The molecule has 4 rings (SSSR count). The Morgan fingerprint density at radius 2 is 1.84 bits per heavy atom. The fourth-order valence-electron chi connectivity index (χ4n) is 3.42. The van der Waals surface area contributed by atoms with Crippen LogP contribution in [0.4, 0.5) is 5.69 Å². The Morgan fingerprint density at radius 1 is 1.13 bits per heavy atom. The Balaban J connectivity index is 1.64. The molecule has 0 spiro atoms. The summed E-state index contributed by atoms with van der Waals surface area (Å²) in [5.74, 6) is -0.0758. The van der Waals surface area contributed by atoms with E-state index in [4.69, 9.17) is 4.42 Å². The van der Waals surface area contributed by atoms with E-state index < -0.39 is 10.0 Å². The van der Waals surface area contributed by atoms with Gasteiger partial charge in [0, 0.05) is 12.1 Å². The van der Waals surface area contributed by atoms with Crippen LogP contribution < -0.4 is 4.72 Å². The molecule has 160 valence electrons. The third-order valence-corrected chi connectivity index (χ3v) is 6.49. The fraction of sp³-hybridized carbons (Fsp3) is 0.217. The number of hydrazone groups is 1. The molecule has 1 aliphatic rings. The fourth-order valence-corrected chi connectivity index (χ4v) is 4.06. The third kappa shape index (κ3) is 4.54. The van der Waals surface area contributed by atoms with E-state index in [2.05, 4.69) is 9.82 Å². The molecule has 1 aliphatic heterocycles. The van der Waals surface area contributed by atoms with Gasteiger partial charge in [0.1, 0.15) is 0 Å². The largest absolute Gasteiger partial charge is 0.459 e. The molecule has 1 aromatic heterocycles. The molecule has 0 bridgehead atoms. The van der Waals surface area contributed by atoms with Gasteiger partial charge in [0.15, 0.2) is 5.76 Å². The second kappa shape index (κ2) is 8.39. The number of carbonyl (C=O) groups is 1. The van der Waals surface area contributed by atoms with Gasteiger partial charge in [-0.1, -0.05) is 42.0 Å². The van der Waals surface area contributed by atoms with Crippen molar-refractivity contribution in [2.24, 2.45) is 5.10 Å². The Hall–Kier alpha value is -3.39. The molecule has 1 N–H and O–H groups in total. The first-order valence-corrected chi connectivity index (χ1v) is 11.6. The molecule has 0 aliphatic carbocycles. The van der Waals surface area contributed by atoms with Gasteiger partial charge in [0.05, 0.1) is 23.8 Å².